The molecule has 2 nitrogen and oxygen atoms in total. The van der Waals surface area contributed by atoms with E-state index in [4.69, 9.17) is 17.3 Å². The molecule has 4 heteroatoms. The van der Waals surface area contributed by atoms with E-state index in [1.54, 1.807) is 6.07 Å². The Hall–Kier alpha value is -1.58. The molecule has 112 valence electrons. The molecular weight excluding hydrogens is 287 g/mol. The summed E-state index contributed by atoms with van der Waals surface area (Å²) in [5.41, 5.74) is 7.69. The van der Waals surface area contributed by atoms with E-state index in [0.29, 0.717) is 23.2 Å². The molecule has 0 aliphatic heterocycles. The second-order valence-corrected chi connectivity index (χ2v) is 5.66. The van der Waals surface area contributed by atoms with Crippen molar-refractivity contribution in [3.8, 4) is 0 Å². The normalized spacial score (nSPS) is 13.7. The predicted molar refractivity (Wildman–Crippen MR) is 87.3 cm³/mol. The molecule has 0 bridgehead atoms. The molecule has 0 saturated heterocycles. The van der Waals surface area contributed by atoms with Crippen molar-refractivity contribution in [3.05, 3.63) is 64.9 Å². The zero-order valence-corrected chi connectivity index (χ0v) is 12.8. The average molecular weight is 307 g/mol. The minimum absolute atomic E-state index is 0.0412. The van der Waals surface area contributed by atoms with Crippen LogP contribution in [0.4, 0.5) is 10.1 Å². The predicted octanol–water partition coefficient (Wildman–Crippen LogP) is 4.41. The summed E-state index contributed by atoms with van der Waals surface area (Å²) in [6.45, 7) is 2.62. The van der Waals surface area contributed by atoms with Crippen LogP contribution in [0.2, 0.25) is 5.02 Å². The molecule has 0 aromatic heterocycles. The van der Waals surface area contributed by atoms with Crippen LogP contribution in [-0.4, -0.2) is 12.6 Å². The first-order valence-corrected chi connectivity index (χ1v) is 7.44. The quantitative estimate of drug-likeness (QED) is 0.829. The second-order valence-electron chi connectivity index (χ2n) is 5.25. The fourth-order valence-corrected chi connectivity index (χ4v) is 2.56. The van der Waals surface area contributed by atoms with Crippen LogP contribution in [0.3, 0.4) is 0 Å². The van der Waals surface area contributed by atoms with Crippen LogP contribution in [0.25, 0.3) is 0 Å². The molecule has 2 unspecified atom stereocenters. The molecule has 0 fully saturated rings. The van der Waals surface area contributed by atoms with Crippen molar-refractivity contribution in [1.82, 2.24) is 0 Å². The highest BCUT2D eigenvalue weighted by molar-refractivity contribution is 6.33. The van der Waals surface area contributed by atoms with Crippen LogP contribution < -0.4 is 11.1 Å². The van der Waals surface area contributed by atoms with Crippen molar-refractivity contribution in [3.63, 3.8) is 0 Å². The molecule has 2 aromatic carbocycles. The lowest BCUT2D eigenvalue weighted by molar-refractivity contribution is 0.584. The van der Waals surface area contributed by atoms with E-state index in [0.717, 1.165) is 6.42 Å². The SMILES string of the molecule is CC(CC(CN)Nc1cc(F)ccc1Cl)c1ccccc1. The van der Waals surface area contributed by atoms with Crippen molar-refractivity contribution in [1.29, 1.82) is 0 Å². The summed E-state index contributed by atoms with van der Waals surface area (Å²) >= 11 is 6.08. The van der Waals surface area contributed by atoms with Crippen LogP contribution in [0.5, 0.6) is 0 Å². The van der Waals surface area contributed by atoms with Gasteiger partial charge in [-0.2, -0.15) is 0 Å². The molecule has 2 rings (SSSR count). The van der Waals surface area contributed by atoms with Crippen LogP contribution >= 0.6 is 11.6 Å². The molecule has 0 radical (unpaired) electrons. The maximum absolute atomic E-state index is 13.3. The molecule has 0 spiro atoms. The van der Waals surface area contributed by atoms with E-state index < -0.39 is 0 Å². The first kappa shape index (κ1) is 15.8. The lowest BCUT2D eigenvalue weighted by Gasteiger charge is -2.23. The van der Waals surface area contributed by atoms with Crippen LogP contribution in [0.15, 0.2) is 48.5 Å². The van der Waals surface area contributed by atoms with E-state index in [9.17, 15) is 4.39 Å². The first-order valence-electron chi connectivity index (χ1n) is 7.06. The standard InChI is InChI=1S/C17H20ClFN2/c1-12(13-5-3-2-4-6-13)9-15(11-20)21-17-10-14(19)7-8-16(17)18/h2-8,10,12,15,21H,9,11,20H2,1H3. The number of rotatable bonds is 6. The molecule has 0 aliphatic rings. The lowest BCUT2D eigenvalue weighted by Crippen LogP contribution is -2.30. The number of nitrogens with two attached hydrogens (primary N) is 1. The largest absolute Gasteiger partial charge is 0.380 e. The van der Waals surface area contributed by atoms with Gasteiger partial charge in [-0.3, -0.25) is 0 Å². The molecule has 2 atom stereocenters. The summed E-state index contributed by atoms with van der Waals surface area (Å²) in [6, 6.07) is 14.6. The summed E-state index contributed by atoms with van der Waals surface area (Å²) in [5.74, 6) is 0.0494. The topological polar surface area (TPSA) is 38.0 Å². The second kappa shape index (κ2) is 7.43. The zero-order chi connectivity index (χ0) is 15.2. The smallest absolute Gasteiger partial charge is 0.125 e. The van der Waals surface area contributed by atoms with Crippen LogP contribution in [-0.2, 0) is 0 Å². The molecule has 2 aromatic rings. The molecular formula is C17H20ClFN2. The number of halogens is 2. The Morgan fingerprint density at radius 2 is 1.90 bits per heavy atom. The van der Waals surface area contributed by atoms with Gasteiger partial charge in [0.2, 0.25) is 0 Å². The summed E-state index contributed by atoms with van der Waals surface area (Å²) in [6.07, 6.45) is 0.855. The summed E-state index contributed by atoms with van der Waals surface area (Å²) in [7, 11) is 0. The highest BCUT2D eigenvalue weighted by atomic mass is 35.5. The highest BCUT2D eigenvalue weighted by Crippen LogP contribution is 2.26. The third-order valence-electron chi connectivity index (χ3n) is 3.58. The maximum atomic E-state index is 13.3. The summed E-state index contributed by atoms with van der Waals surface area (Å²) < 4.78 is 13.3. The van der Waals surface area contributed by atoms with Crippen molar-refractivity contribution < 1.29 is 4.39 Å². The van der Waals surface area contributed by atoms with Gasteiger partial charge in [0.25, 0.3) is 0 Å². The number of hydrogen-bond donors (Lipinski definition) is 2. The summed E-state index contributed by atoms with van der Waals surface area (Å²) in [5, 5.41) is 3.74. The fraction of sp³-hybridized carbons (Fsp3) is 0.294. The zero-order valence-electron chi connectivity index (χ0n) is 12.0. The van der Waals surface area contributed by atoms with Crippen LogP contribution in [0.1, 0.15) is 24.8 Å². The van der Waals surface area contributed by atoms with E-state index in [-0.39, 0.29) is 11.9 Å². The van der Waals surface area contributed by atoms with Gasteiger partial charge >= 0.3 is 0 Å². The Labute approximate surface area is 130 Å². The Bertz CT molecular complexity index is 574. The molecule has 0 amide bonds. The Kier molecular flexibility index (Phi) is 5.59. The number of anilines is 1. The third-order valence-corrected chi connectivity index (χ3v) is 3.91. The molecule has 0 saturated carbocycles. The number of benzene rings is 2. The first-order chi connectivity index (χ1) is 10.1. The number of hydrogen-bond acceptors (Lipinski definition) is 2. The van der Waals surface area contributed by atoms with Crippen molar-refractivity contribution in [2.24, 2.45) is 5.73 Å². The lowest BCUT2D eigenvalue weighted by atomic mass is 9.94. The highest BCUT2D eigenvalue weighted by Gasteiger charge is 2.14. The Balaban J connectivity index is 2.05. The van der Waals surface area contributed by atoms with E-state index in [1.807, 2.05) is 18.2 Å². The Morgan fingerprint density at radius 1 is 1.19 bits per heavy atom. The molecule has 3 N–H and O–H groups in total. The van der Waals surface area contributed by atoms with Crippen LogP contribution in [0, 0.1) is 5.82 Å². The average Bonchev–Trinajstić information content (AvgIpc) is 2.51. The van der Waals surface area contributed by atoms with Crippen molar-refractivity contribution >= 4 is 17.3 Å². The van der Waals surface area contributed by atoms with Gasteiger partial charge in [0.15, 0.2) is 0 Å². The maximum Gasteiger partial charge on any atom is 0.125 e. The van der Waals surface area contributed by atoms with E-state index in [1.165, 1.54) is 17.7 Å². The monoisotopic (exact) mass is 306 g/mol. The van der Waals surface area contributed by atoms with Gasteiger partial charge in [0.05, 0.1) is 10.7 Å². The van der Waals surface area contributed by atoms with E-state index >= 15 is 0 Å². The summed E-state index contributed by atoms with van der Waals surface area (Å²) in [4.78, 5) is 0. The van der Waals surface area contributed by atoms with Gasteiger partial charge in [-0.15, -0.1) is 0 Å². The van der Waals surface area contributed by atoms with Crippen molar-refractivity contribution in [2.75, 3.05) is 11.9 Å². The van der Waals surface area contributed by atoms with Gasteiger partial charge in [-0.25, -0.2) is 4.39 Å². The Morgan fingerprint density at radius 3 is 2.57 bits per heavy atom. The minimum atomic E-state index is -0.311. The van der Waals surface area contributed by atoms with Gasteiger partial charge in [0.1, 0.15) is 5.82 Å². The van der Waals surface area contributed by atoms with Gasteiger partial charge in [0, 0.05) is 12.6 Å². The van der Waals surface area contributed by atoms with Crippen molar-refractivity contribution in [2.45, 2.75) is 25.3 Å². The fourth-order valence-electron chi connectivity index (χ4n) is 2.39. The van der Waals surface area contributed by atoms with E-state index in [2.05, 4.69) is 24.4 Å². The van der Waals surface area contributed by atoms with Gasteiger partial charge in [-0.05, 0) is 36.1 Å². The molecule has 0 aliphatic carbocycles. The van der Waals surface area contributed by atoms with Gasteiger partial charge < -0.3 is 11.1 Å². The minimum Gasteiger partial charge on any atom is -0.380 e. The third kappa shape index (κ3) is 4.45. The number of nitrogens with one attached hydrogen (secondary N) is 1. The van der Waals surface area contributed by atoms with Gasteiger partial charge in [-0.1, -0.05) is 48.9 Å². The molecule has 0 heterocycles. The molecule has 21 heavy (non-hydrogen) atoms.